The molecule has 2 fully saturated rings. The third-order valence-corrected chi connectivity index (χ3v) is 5.54. The zero-order valence-electron chi connectivity index (χ0n) is 16.2. The zero-order valence-corrected chi connectivity index (χ0v) is 16.2. The maximum atomic E-state index is 11.8. The predicted octanol–water partition coefficient (Wildman–Crippen LogP) is 2.31. The summed E-state index contributed by atoms with van der Waals surface area (Å²) in [5, 5.41) is 6.76. The van der Waals surface area contributed by atoms with Crippen molar-refractivity contribution in [2.75, 3.05) is 24.4 Å². The van der Waals surface area contributed by atoms with E-state index in [1.807, 2.05) is 6.92 Å². The average Bonchev–Trinajstić information content (AvgIpc) is 3.11. The minimum atomic E-state index is -0.534. The van der Waals surface area contributed by atoms with Gasteiger partial charge in [0.25, 0.3) is 5.91 Å². The van der Waals surface area contributed by atoms with Gasteiger partial charge in [-0.3, -0.25) is 4.79 Å². The lowest BCUT2D eigenvalue weighted by atomic mass is 9.93. The molecule has 0 radical (unpaired) electrons. The fourth-order valence-corrected chi connectivity index (χ4v) is 4.08. The molecular formula is C19H31N5O3. The smallest absolute Gasteiger partial charge is 0.254 e. The Labute approximate surface area is 160 Å². The minimum Gasteiger partial charge on any atom is -0.379 e. The molecule has 8 nitrogen and oxygen atoms in total. The molecule has 0 saturated heterocycles. The molecule has 3 rings (SSSR count). The van der Waals surface area contributed by atoms with Crippen LogP contribution >= 0.6 is 0 Å². The molecule has 150 valence electrons. The van der Waals surface area contributed by atoms with Crippen LogP contribution in [0.4, 0.5) is 11.8 Å². The van der Waals surface area contributed by atoms with Crippen LogP contribution in [0, 0.1) is 0 Å². The summed E-state index contributed by atoms with van der Waals surface area (Å²) in [6.07, 6.45) is 9.14. The van der Waals surface area contributed by atoms with E-state index in [9.17, 15) is 4.79 Å². The summed E-state index contributed by atoms with van der Waals surface area (Å²) in [4.78, 5) is 20.6. The quantitative estimate of drug-likeness (QED) is 0.637. The van der Waals surface area contributed by atoms with E-state index >= 15 is 0 Å². The van der Waals surface area contributed by atoms with Crippen LogP contribution in [-0.2, 0) is 9.47 Å². The Morgan fingerprint density at radius 2 is 2.00 bits per heavy atom. The molecule has 2 atom stereocenters. The van der Waals surface area contributed by atoms with Crippen LogP contribution in [-0.4, -0.2) is 53.9 Å². The van der Waals surface area contributed by atoms with Gasteiger partial charge in [0.05, 0.1) is 23.8 Å². The molecule has 2 aliphatic rings. The van der Waals surface area contributed by atoms with Gasteiger partial charge in [-0.15, -0.1) is 0 Å². The SMILES string of the molecule is CCO[C@H]1CC[C@H](Nc2ncc(C(N)=O)c(NC3CCC[C@@H]3OC)n2)CC1. The molecule has 0 spiro atoms. The Morgan fingerprint density at radius 3 is 2.67 bits per heavy atom. The van der Waals surface area contributed by atoms with Crippen molar-refractivity contribution >= 4 is 17.7 Å². The Balaban J connectivity index is 1.67. The number of nitrogens with two attached hydrogens (primary N) is 1. The van der Waals surface area contributed by atoms with Crippen molar-refractivity contribution < 1.29 is 14.3 Å². The molecule has 0 aromatic carbocycles. The molecule has 1 amide bonds. The van der Waals surface area contributed by atoms with Gasteiger partial charge in [0, 0.05) is 26.0 Å². The van der Waals surface area contributed by atoms with Crippen LogP contribution in [0.5, 0.6) is 0 Å². The number of anilines is 2. The van der Waals surface area contributed by atoms with Gasteiger partial charge < -0.3 is 25.8 Å². The summed E-state index contributed by atoms with van der Waals surface area (Å²) < 4.78 is 11.2. The van der Waals surface area contributed by atoms with Crippen LogP contribution in [0.1, 0.15) is 62.2 Å². The fourth-order valence-electron chi connectivity index (χ4n) is 4.08. The number of amides is 1. The molecule has 4 N–H and O–H groups in total. The van der Waals surface area contributed by atoms with Gasteiger partial charge in [0.1, 0.15) is 5.82 Å². The number of ether oxygens (including phenoxy) is 2. The van der Waals surface area contributed by atoms with Crippen molar-refractivity contribution in [2.24, 2.45) is 5.73 Å². The Morgan fingerprint density at radius 1 is 1.22 bits per heavy atom. The third-order valence-electron chi connectivity index (χ3n) is 5.54. The molecule has 0 bridgehead atoms. The third kappa shape index (κ3) is 5.07. The van der Waals surface area contributed by atoms with Crippen molar-refractivity contribution in [1.29, 1.82) is 0 Å². The number of nitrogens with zero attached hydrogens (tertiary/aromatic N) is 2. The molecule has 1 aromatic heterocycles. The molecule has 0 aliphatic heterocycles. The lowest BCUT2D eigenvalue weighted by molar-refractivity contribution is 0.0346. The molecule has 27 heavy (non-hydrogen) atoms. The number of primary amides is 1. The van der Waals surface area contributed by atoms with Gasteiger partial charge >= 0.3 is 0 Å². The van der Waals surface area contributed by atoms with Gasteiger partial charge in [-0.2, -0.15) is 4.98 Å². The van der Waals surface area contributed by atoms with Crippen molar-refractivity contribution in [3.8, 4) is 0 Å². The molecular weight excluding hydrogens is 346 g/mol. The first-order valence-electron chi connectivity index (χ1n) is 9.95. The van der Waals surface area contributed by atoms with Crippen molar-refractivity contribution in [3.05, 3.63) is 11.8 Å². The maximum absolute atomic E-state index is 11.8. The first-order valence-corrected chi connectivity index (χ1v) is 9.95. The fraction of sp³-hybridized carbons (Fsp3) is 0.737. The summed E-state index contributed by atoms with van der Waals surface area (Å²) in [5.74, 6) is 0.472. The second kappa shape index (κ2) is 9.32. The van der Waals surface area contributed by atoms with Crippen molar-refractivity contribution in [2.45, 2.75) is 76.2 Å². The second-order valence-electron chi connectivity index (χ2n) is 7.35. The Kier molecular flexibility index (Phi) is 6.84. The van der Waals surface area contributed by atoms with Crippen molar-refractivity contribution in [3.63, 3.8) is 0 Å². The van der Waals surface area contributed by atoms with Crippen LogP contribution < -0.4 is 16.4 Å². The lowest BCUT2D eigenvalue weighted by Crippen LogP contribution is -2.32. The topological polar surface area (TPSA) is 111 Å². The van der Waals surface area contributed by atoms with Gasteiger partial charge in [-0.1, -0.05) is 0 Å². The minimum absolute atomic E-state index is 0.117. The molecule has 1 unspecified atom stereocenters. The highest BCUT2D eigenvalue weighted by Crippen LogP contribution is 2.27. The van der Waals surface area contributed by atoms with Crippen LogP contribution in [0.15, 0.2) is 6.20 Å². The first kappa shape index (κ1) is 19.8. The predicted molar refractivity (Wildman–Crippen MR) is 104 cm³/mol. The standard InChI is InChI=1S/C19H31N5O3/c1-3-27-13-9-7-12(8-10-13)22-19-21-11-14(17(20)25)18(24-19)23-15-5-4-6-16(15)26-2/h11-13,15-16H,3-10H2,1-2H3,(H2,20,25)(H2,21,22,23,24)/t12-,13-,15?,16-/m0/s1. The van der Waals surface area contributed by atoms with E-state index in [0.29, 0.717) is 29.5 Å². The largest absolute Gasteiger partial charge is 0.379 e. The molecule has 2 saturated carbocycles. The van der Waals surface area contributed by atoms with E-state index in [-0.39, 0.29) is 12.1 Å². The number of carbonyl (C=O) groups is 1. The monoisotopic (exact) mass is 377 g/mol. The summed E-state index contributed by atoms with van der Waals surface area (Å²) in [6, 6.07) is 0.435. The number of hydrogen-bond acceptors (Lipinski definition) is 7. The van der Waals surface area contributed by atoms with E-state index in [4.69, 9.17) is 15.2 Å². The summed E-state index contributed by atoms with van der Waals surface area (Å²) >= 11 is 0. The van der Waals surface area contributed by atoms with E-state index in [2.05, 4.69) is 20.6 Å². The van der Waals surface area contributed by atoms with E-state index in [1.165, 1.54) is 6.20 Å². The first-order chi connectivity index (χ1) is 13.1. The summed E-state index contributed by atoms with van der Waals surface area (Å²) in [7, 11) is 1.71. The van der Waals surface area contributed by atoms with Gasteiger partial charge in [-0.25, -0.2) is 4.98 Å². The van der Waals surface area contributed by atoms with Crippen LogP contribution in [0.25, 0.3) is 0 Å². The van der Waals surface area contributed by atoms with Crippen LogP contribution in [0.2, 0.25) is 0 Å². The highest BCUT2D eigenvalue weighted by atomic mass is 16.5. The summed E-state index contributed by atoms with van der Waals surface area (Å²) in [5.41, 5.74) is 5.82. The number of hydrogen-bond donors (Lipinski definition) is 3. The van der Waals surface area contributed by atoms with E-state index in [0.717, 1.165) is 51.6 Å². The number of carbonyl (C=O) groups excluding carboxylic acids is 1. The molecule has 2 aliphatic carbocycles. The summed E-state index contributed by atoms with van der Waals surface area (Å²) in [6.45, 7) is 2.80. The highest BCUT2D eigenvalue weighted by molar-refractivity contribution is 5.97. The van der Waals surface area contributed by atoms with Gasteiger partial charge in [0.2, 0.25) is 5.95 Å². The van der Waals surface area contributed by atoms with Gasteiger partial charge in [0.15, 0.2) is 0 Å². The normalized spacial score (nSPS) is 28.1. The second-order valence-corrected chi connectivity index (χ2v) is 7.35. The van der Waals surface area contributed by atoms with Crippen molar-refractivity contribution in [1.82, 2.24) is 9.97 Å². The number of rotatable bonds is 8. The number of methoxy groups -OCH3 is 1. The van der Waals surface area contributed by atoms with Gasteiger partial charge in [-0.05, 0) is 51.9 Å². The van der Waals surface area contributed by atoms with E-state index < -0.39 is 5.91 Å². The lowest BCUT2D eigenvalue weighted by Gasteiger charge is -2.29. The number of aromatic nitrogens is 2. The Bertz CT molecular complexity index is 634. The number of nitrogens with one attached hydrogen (secondary N) is 2. The molecule has 1 aromatic rings. The molecule has 1 heterocycles. The van der Waals surface area contributed by atoms with E-state index in [1.54, 1.807) is 7.11 Å². The Hall–Kier alpha value is -1.93. The zero-order chi connectivity index (χ0) is 19.2. The molecule has 8 heteroatoms. The maximum Gasteiger partial charge on any atom is 0.254 e. The van der Waals surface area contributed by atoms with Crippen LogP contribution in [0.3, 0.4) is 0 Å². The average molecular weight is 377 g/mol. The highest BCUT2D eigenvalue weighted by Gasteiger charge is 2.29.